The van der Waals surface area contributed by atoms with Crippen molar-refractivity contribution in [1.82, 2.24) is 9.78 Å². The lowest BCUT2D eigenvalue weighted by Gasteiger charge is -2.16. The number of aryl methyl sites for hydroxylation is 1. The van der Waals surface area contributed by atoms with E-state index in [9.17, 15) is 9.59 Å². The number of anilines is 1. The maximum atomic E-state index is 12.9. The quantitative estimate of drug-likeness (QED) is 0.678. The first-order valence-corrected chi connectivity index (χ1v) is 10.5. The number of carbonyl (C=O) groups excluding carboxylic acids is 2. The number of hydrogen-bond donors (Lipinski definition) is 1. The molecule has 0 fully saturated rings. The van der Waals surface area contributed by atoms with Gasteiger partial charge >= 0.3 is 5.97 Å². The number of esters is 1. The summed E-state index contributed by atoms with van der Waals surface area (Å²) in [6.45, 7) is 4.04. The zero-order valence-corrected chi connectivity index (χ0v) is 17.3. The Morgan fingerprint density at radius 3 is 2.81 bits per heavy atom. The number of aromatic nitrogens is 2. The Labute approximate surface area is 165 Å². The van der Waals surface area contributed by atoms with Crippen LogP contribution in [0.15, 0.2) is 16.9 Å². The number of nitrogens with one attached hydrogen (secondary N) is 1. The summed E-state index contributed by atoms with van der Waals surface area (Å²) < 4.78 is 7.70. The number of ether oxygens (including phenoxy) is 1. The molecule has 0 saturated heterocycles. The molecule has 1 atom stereocenters. The Kier molecular flexibility index (Phi) is 6.13. The van der Waals surface area contributed by atoms with Crippen LogP contribution in [0.2, 0.25) is 0 Å². The van der Waals surface area contributed by atoms with Crippen molar-refractivity contribution in [2.45, 2.75) is 52.0 Å². The van der Waals surface area contributed by atoms with Gasteiger partial charge in [-0.25, -0.2) is 4.79 Å². The van der Waals surface area contributed by atoms with Gasteiger partial charge in [0.1, 0.15) is 11.0 Å². The van der Waals surface area contributed by atoms with E-state index in [1.807, 2.05) is 6.92 Å². The lowest BCUT2D eigenvalue weighted by atomic mass is 9.95. The van der Waals surface area contributed by atoms with Crippen LogP contribution in [0.1, 0.15) is 60.0 Å². The molecule has 0 spiro atoms. The zero-order valence-electron chi connectivity index (χ0n) is 14.9. The molecule has 0 saturated carbocycles. The number of halogens is 1. The van der Waals surface area contributed by atoms with Crippen molar-refractivity contribution < 1.29 is 14.3 Å². The highest BCUT2D eigenvalue weighted by molar-refractivity contribution is 9.10. The van der Waals surface area contributed by atoms with Crippen LogP contribution in [-0.2, 0) is 22.4 Å². The van der Waals surface area contributed by atoms with E-state index >= 15 is 0 Å². The summed E-state index contributed by atoms with van der Waals surface area (Å²) in [5.74, 6) is -0.524. The third-order valence-corrected chi connectivity index (χ3v) is 6.08. The van der Waals surface area contributed by atoms with Crippen LogP contribution in [0, 0.1) is 0 Å². The normalized spacial score (nSPS) is 14.6. The molecule has 1 aliphatic carbocycles. The molecule has 6 nitrogen and oxygen atoms in total. The maximum Gasteiger partial charge on any atom is 0.341 e. The van der Waals surface area contributed by atoms with E-state index in [2.05, 4.69) is 26.3 Å². The van der Waals surface area contributed by atoms with E-state index in [1.165, 1.54) is 16.2 Å². The molecule has 3 rings (SSSR count). The summed E-state index contributed by atoms with van der Waals surface area (Å²) in [5, 5.41) is 7.79. The second-order valence-electron chi connectivity index (χ2n) is 6.19. The van der Waals surface area contributed by atoms with Crippen molar-refractivity contribution in [2.24, 2.45) is 0 Å². The van der Waals surface area contributed by atoms with Crippen LogP contribution in [0.3, 0.4) is 0 Å². The van der Waals surface area contributed by atoms with Gasteiger partial charge in [-0.15, -0.1) is 11.3 Å². The van der Waals surface area contributed by atoms with Crippen LogP contribution < -0.4 is 5.32 Å². The fourth-order valence-electron chi connectivity index (χ4n) is 3.25. The standard InChI is InChI=1S/C18H22BrN3O3S/c1-3-13(22-10-11(19)9-20-22)16(23)21-17-15(18(24)25-4-2)12-7-5-6-8-14(12)26-17/h9-10,13H,3-8H2,1-2H3,(H,21,23). The Morgan fingerprint density at radius 1 is 1.38 bits per heavy atom. The third-order valence-electron chi connectivity index (χ3n) is 4.47. The molecule has 26 heavy (non-hydrogen) atoms. The van der Waals surface area contributed by atoms with Gasteiger partial charge in [0.2, 0.25) is 5.91 Å². The molecule has 1 amide bonds. The number of nitrogens with zero attached hydrogens (tertiary/aromatic N) is 2. The minimum absolute atomic E-state index is 0.174. The molecule has 1 aliphatic rings. The fourth-order valence-corrected chi connectivity index (χ4v) is 4.83. The highest BCUT2D eigenvalue weighted by atomic mass is 79.9. The van der Waals surface area contributed by atoms with E-state index in [4.69, 9.17) is 4.74 Å². The van der Waals surface area contributed by atoms with Crippen molar-refractivity contribution in [3.8, 4) is 0 Å². The lowest BCUT2D eigenvalue weighted by Crippen LogP contribution is -2.26. The number of thiophene rings is 1. The Balaban J connectivity index is 1.89. The van der Waals surface area contributed by atoms with Gasteiger partial charge < -0.3 is 10.1 Å². The first kappa shape index (κ1) is 19.1. The minimum Gasteiger partial charge on any atom is -0.462 e. The zero-order chi connectivity index (χ0) is 18.7. The van der Waals surface area contributed by atoms with Gasteiger partial charge in [0, 0.05) is 11.1 Å². The summed E-state index contributed by atoms with van der Waals surface area (Å²) in [6.07, 6.45) is 8.01. The summed E-state index contributed by atoms with van der Waals surface area (Å²) in [6, 6.07) is -0.435. The van der Waals surface area contributed by atoms with Gasteiger partial charge in [0.05, 0.1) is 22.8 Å². The van der Waals surface area contributed by atoms with E-state index < -0.39 is 6.04 Å². The molecule has 8 heteroatoms. The van der Waals surface area contributed by atoms with Gasteiger partial charge in [-0.05, 0) is 60.5 Å². The molecule has 0 bridgehead atoms. The van der Waals surface area contributed by atoms with Crippen molar-refractivity contribution in [3.05, 3.63) is 32.9 Å². The van der Waals surface area contributed by atoms with Gasteiger partial charge in [0.25, 0.3) is 0 Å². The molecular formula is C18H22BrN3O3S. The maximum absolute atomic E-state index is 12.9. The van der Waals surface area contributed by atoms with E-state index in [0.29, 0.717) is 23.6 Å². The van der Waals surface area contributed by atoms with Crippen molar-refractivity contribution in [2.75, 3.05) is 11.9 Å². The topological polar surface area (TPSA) is 73.2 Å². The van der Waals surface area contributed by atoms with Crippen LogP contribution in [0.4, 0.5) is 5.00 Å². The van der Waals surface area contributed by atoms with E-state index in [-0.39, 0.29) is 11.9 Å². The molecule has 2 aromatic rings. The molecule has 1 unspecified atom stereocenters. The fraction of sp³-hybridized carbons (Fsp3) is 0.500. The molecule has 2 heterocycles. The number of amides is 1. The second kappa shape index (κ2) is 8.35. The first-order chi connectivity index (χ1) is 12.5. The average molecular weight is 440 g/mol. The molecule has 0 aromatic carbocycles. The van der Waals surface area contributed by atoms with E-state index in [0.717, 1.165) is 35.7 Å². The average Bonchev–Trinajstić information content (AvgIpc) is 3.19. The van der Waals surface area contributed by atoms with Gasteiger partial charge in [-0.1, -0.05) is 6.92 Å². The minimum atomic E-state index is -0.435. The third kappa shape index (κ3) is 3.86. The molecule has 0 aliphatic heterocycles. The first-order valence-electron chi connectivity index (χ1n) is 8.87. The predicted octanol–water partition coefficient (Wildman–Crippen LogP) is 4.35. The molecule has 2 aromatic heterocycles. The van der Waals surface area contributed by atoms with Crippen LogP contribution in [0.25, 0.3) is 0 Å². The second-order valence-corrected chi connectivity index (χ2v) is 8.21. The molecular weight excluding hydrogens is 418 g/mol. The van der Waals surface area contributed by atoms with Crippen molar-refractivity contribution in [1.29, 1.82) is 0 Å². The lowest BCUT2D eigenvalue weighted by molar-refractivity contribution is -0.119. The number of fused-ring (bicyclic) bond motifs is 1. The molecule has 140 valence electrons. The summed E-state index contributed by atoms with van der Waals surface area (Å²) >= 11 is 4.86. The van der Waals surface area contributed by atoms with Gasteiger partial charge in [0.15, 0.2) is 0 Å². The summed E-state index contributed by atoms with van der Waals surface area (Å²) in [4.78, 5) is 26.6. The largest absolute Gasteiger partial charge is 0.462 e. The molecule has 0 radical (unpaired) electrons. The Hall–Kier alpha value is -1.67. The van der Waals surface area contributed by atoms with Crippen molar-refractivity contribution in [3.63, 3.8) is 0 Å². The van der Waals surface area contributed by atoms with Crippen LogP contribution >= 0.6 is 27.3 Å². The Morgan fingerprint density at radius 2 is 2.15 bits per heavy atom. The monoisotopic (exact) mass is 439 g/mol. The summed E-state index contributed by atoms with van der Waals surface area (Å²) in [5.41, 5.74) is 1.58. The highest BCUT2D eigenvalue weighted by Gasteiger charge is 2.29. The smallest absolute Gasteiger partial charge is 0.341 e. The van der Waals surface area contributed by atoms with Crippen LogP contribution in [-0.4, -0.2) is 28.3 Å². The Bertz CT molecular complexity index is 815. The number of hydrogen-bond acceptors (Lipinski definition) is 5. The number of rotatable bonds is 6. The van der Waals surface area contributed by atoms with Gasteiger partial charge in [-0.2, -0.15) is 5.10 Å². The van der Waals surface area contributed by atoms with E-state index in [1.54, 1.807) is 24.0 Å². The number of carbonyl (C=O) groups is 2. The van der Waals surface area contributed by atoms with Crippen LogP contribution in [0.5, 0.6) is 0 Å². The van der Waals surface area contributed by atoms with Gasteiger partial charge in [-0.3, -0.25) is 9.48 Å². The highest BCUT2D eigenvalue weighted by Crippen LogP contribution is 2.39. The van der Waals surface area contributed by atoms with Crippen molar-refractivity contribution >= 4 is 44.1 Å². The SMILES string of the molecule is CCOC(=O)c1c(NC(=O)C(CC)n2cc(Br)cn2)sc2c1CCCC2. The predicted molar refractivity (Wildman–Crippen MR) is 105 cm³/mol. The summed E-state index contributed by atoms with van der Waals surface area (Å²) in [7, 11) is 0. The molecule has 1 N–H and O–H groups in total.